The van der Waals surface area contributed by atoms with Crippen LogP contribution in [0.5, 0.6) is 0 Å². The molecular weight excluding hydrogens is 767 g/mol. The zero-order valence-corrected chi connectivity index (χ0v) is 36.2. The number of thiophene rings is 1. The van der Waals surface area contributed by atoms with Crippen molar-refractivity contribution in [3.05, 3.63) is 222 Å². The summed E-state index contributed by atoms with van der Waals surface area (Å²) in [5, 5.41) is 2.60. The Morgan fingerprint density at radius 3 is 1.66 bits per heavy atom. The fourth-order valence-electron chi connectivity index (χ4n) is 10.8. The van der Waals surface area contributed by atoms with Crippen LogP contribution in [-0.4, -0.2) is 0 Å². The number of hydrogen-bond acceptors (Lipinski definition) is 2. The van der Waals surface area contributed by atoms with E-state index in [4.69, 9.17) is 0 Å². The van der Waals surface area contributed by atoms with E-state index in [9.17, 15) is 0 Å². The molecule has 0 bridgehead atoms. The summed E-state index contributed by atoms with van der Waals surface area (Å²) in [4.78, 5) is 2.52. The minimum Gasteiger partial charge on any atom is -0.310 e. The maximum atomic E-state index is 2.52. The molecule has 0 saturated heterocycles. The highest BCUT2D eigenvalue weighted by molar-refractivity contribution is 7.26. The molecule has 1 nitrogen and oxygen atoms in total. The minimum absolute atomic E-state index is 0.0788. The van der Waals surface area contributed by atoms with E-state index in [1.165, 1.54) is 104 Å². The van der Waals surface area contributed by atoms with E-state index in [1.54, 1.807) is 0 Å². The first-order chi connectivity index (χ1) is 30.3. The zero-order valence-electron chi connectivity index (χ0n) is 35.4. The van der Waals surface area contributed by atoms with Crippen LogP contribution in [0.4, 0.5) is 17.1 Å². The number of nitrogens with zero attached hydrogens (tertiary/aromatic N) is 1. The normalized spacial score (nSPS) is 14.1. The summed E-state index contributed by atoms with van der Waals surface area (Å²) in [6.45, 7) is 9.53. The molecule has 0 fully saturated rings. The number of rotatable bonds is 6. The lowest BCUT2D eigenvalue weighted by atomic mass is 9.82. The third-order valence-electron chi connectivity index (χ3n) is 13.9. The van der Waals surface area contributed by atoms with Crippen molar-refractivity contribution in [1.82, 2.24) is 0 Å². The van der Waals surface area contributed by atoms with Crippen LogP contribution in [0.3, 0.4) is 0 Å². The van der Waals surface area contributed by atoms with Gasteiger partial charge in [-0.15, -0.1) is 11.3 Å². The molecule has 0 saturated carbocycles. The summed E-state index contributed by atoms with van der Waals surface area (Å²) < 4.78 is 2.58. The monoisotopic (exact) mass is 811 g/mol. The number of anilines is 3. The van der Waals surface area contributed by atoms with Gasteiger partial charge in [-0.05, 0) is 126 Å². The molecule has 1 heterocycles. The highest BCUT2D eigenvalue weighted by Crippen LogP contribution is 2.56. The van der Waals surface area contributed by atoms with Gasteiger partial charge in [0.1, 0.15) is 0 Å². The van der Waals surface area contributed by atoms with Gasteiger partial charge in [0.2, 0.25) is 0 Å². The average molecular weight is 812 g/mol. The first-order valence-corrected chi connectivity index (χ1v) is 22.6. The van der Waals surface area contributed by atoms with E-state index >= 15 is 0 Å². The molecule has 62 heavy (non-hydrogen) atoms. The topological polar surface area (TPSA) is 3.24 Å². The molecule has 2 heteroatoms. The second-order valence-electron chi connectivity index (χ2n) is 18.1. The summed E-state index contributed by atoms with van der Waals surface area (Å²) in [5.41, 5.74) is 21.6. The van der Waals surface area contributed by atoms with Gasteiger partial charge in [-0.25, -0.2) is 0 Å². The lowest BCUT2D eigenvalue weighted by Crippen LogP contribution is -2.16. The Kier molecular flexibility index (Phi) is 8.17. The van der Waals surface area contributed by atoms with Crippen molar-refractivity contribution in [2.45, 2.75) is 38.5 Å². The van der Waals surface area contributed by atoms with Crippen LogP contribution in [0.25, 0.3) is 75.8 Å². The van der Waals surface area contributed by atoms with E-state index in [1.807, 2.05) is 11.3 Å². The molecular formula is C60H45NS. The molecule has 12 rings (SSSR count). The predicted molar refractivity (Wildman–Crippen MR) is 265 cm³/mol. The van der Waals surface area contributed by atoms with Gasteiger partial charge in [0.15, 0.2) is 0 Å². The van der Waals surface area contributed by atoms with Gasteiger partial charge in [-0.3, -0.25) is 0 Å². The predicted octanol–water partition coefficient (Wildman–Crippen LogP) is 17.1. The Morgan fingerprint density at radius 2 is 0.887 bits per heavy atom. The lowest BCUT2D eigenvalue weighted by molar-refractivity contribution is 0.660. The van der Waals surface area contributed by atoms with Gasteiger partial charge >= 0.3 is 0 Å². The highest BCUT2D eigenvalue weighted by atomic mass is 32.1. The largest absolute Gasteiger partial charge is 0.310 e. The first-order valence-electron chi connectivity index (χ1n) is 21.8. The second kappa shape index (κ2) is 13.8. The Morgan fingerprint density at radius 1 is 0.339 bits per heavy atom. The van der Waals surface area contributed by atoms with E-state index in [0.29, 0.717) is 0 Å². The SMILES string of the molecule is CC1(C)c2ccc(-c3ccccc3)cc2-c2ccc(N(c3ccc(-c4ccccc4)cc3)c3cccc4sc5cccc(-c6cccc7c6-c6ccccc6C7(C)C)c5c34)cc21. The first kappa shape index (κ1) is 36.8. The van der Waals surface area contributed by atoms with Crippen molar-refractivity contribution < 1.29 is 0 Å². The van der Waals surface area contributed by atoms with Crippen molar-refractivity contribution in [3.8, 4) is 55.6 Å². The molecule has 296 valence electrons. The van der Waals surface area contributed by atoms with Gasteiger partial charge in [-0.2, -0.15) is 0 Å². The molecule has 1 aromatic heterocycles. The van der Waals surface area contributed by atoms with E-state index in [2.05, 4.69) is 233 Å². The quantitative estimate of drug-likeness (QED) is 0.162. The van der Waals surface area contributed by atoms with Crippen molar-refractivity contribution in [1.29, 1.82) is 0 Å². The van der Waals surface area contributed by atoms with E-state index in [0.717, 1.165) is 11.4 Å². The third-order valence-corrected chi connectivity index (χ3v) is 15.0. The number of hydrogen-bond donors (Lipinski definition) is 0. The molecule has 0 N–H and O–H groups in total. The molecule has 10 aromatic rings. The number of fused-ring (bicyclic) bond motifs is 9. The third kappa shape index (κ3) is 5.46. The van der Waals surface area contributed by atoms with Crippen molar-refractivity contribution in [3.63, 3.8) is 0 Å². The zero-order chi connectivity index (χ0) is 41.7. The molecule has 0 aliphatic heterocycles. The number of benzene rings is 9. The van der Waals surface area contributed by atoms with Crippen LogP contribution in [-0.2, 0) is 10.8 Å². The van der Waals surface area contributed by atoms with Crippen molar-refractivity contribution in [2.24, 2.45) is 0 Å². The summed E-state index contributed by atoms with van der Waals surface area (Å²) >= 11 is 1.90. The second-order valence-corrected chi connectivity index (χ2v) is 19.1. The Bertz CT molecular complexity index is 3390. The van der Waals surface area contributed by atoms with Crippen molar-refractivity contribution in [2.75, 3.05) is 4.90 Å². The molecule has 0 spiro atoms. The van der Waals surface area contributed by atoms with Crippen LogP contribution >= 0.6 is 11.3 Å². The Hall–Kier alpha value is -7.00. The van der Waals surface area contributed by atoms with Gasteiger partial charge in [0.25, 0.3) is 0 Å². The van der Waals surface area contributed by atoms with Crippen LogP contribution < -0.4 is 4.90 Å². The standard InChI is InChI=1S/C60H45NS/c1-59(2)49-23-12-11-20-47(49)56-45(21-13-24-51(56)59)46-22-14-26-54-57(46)58-53(25-15-27-55(58)62-54)61(42-31-28-40(29-32-42)38-16-7-5-8-17-38)43-33-34-44-48-36-41(39-18-9-6-10-19-39)30-35-50(48)60(3,4)52(44)37-43/h5-37H,1-4H3. The molecule has 0 radical (unpaired) electrons. The van der Waals surface area contributed by atoms with Gasteiger partial charge < -0.3 is 4.90 Å². The summed E-state index contributed by atoms with van der Waals surface area (Å²) in [6.07, 6.45) is 0. The maximum absolute atomic E-state index is 2.52. The molecule has 0 atom stereocenters. The molecule has 0 unspecified atom stereocenters. The van der Waals surface area contributed by atoms with Gasteiger partial charge in [-0.1, -0.05) is 179 Å². The van der Waals surface area contributed by atoms with Gasteiger partial charge in [0.05, 0.1) is 5.69 Å². The minimum atomic E-state index is -0.176. The fourth-order valence-corrected chi connectivity index (χ4v) is 11.9. The molecule has 0 amide bonds. The average Bonchev–Trinajstić information content (AvgIpc) is 3.90. The molecule has 2 aliphatic carbocycles. The van der Waals surface area contributed by atoms with Crippen molar-refractivity contribution >= 4 is 48.6 Å². The summed E-state index contributed by atoms with van der Waals surface area (Å²) in [5.74, 6) is 0. The van der Waals surface area contributed by atoms with Gasteiger partial charge in [0, 0.05) is 42.4 Å². The fraction of sp³-hybridized carbons (Fsp3) is 0.100. The smallest absolute Gasteiger partial charge is 0.0555 e. The van der Waals surface area contributed by atoms with Crippen LogP contribution in [0.1, 0.15) is 49.9 Å². The van der Waals surface area contributed by atoms with Crippen LogP contribution in [0.15, 0.2) is 200 Å². The Labute approximate surface area is 368 Å². The highest BCUT2D eigenvalue weighted by Gasteiger charge is 2.38. The van der Waals surface area contributed by atoms with Crippen LogP contribution in [0.2, 0.25) is 0 Å². The summed E-state index contributed by atoms with van der Waals surface area (Å²) in [6, 6.07) is 74.6. The Balaban J connectivity index is 1.09. The van der Waals surface area contributed by atoms with E-state index in [-0.39, 0.29) is 10.8 Å². The molecule has 2 aliphatic rings. The molecule has 9 aromatic carbocycles. The van der Waals surface area contributed by atoms with Crippen LogP contribution in [0, 0.1) is 0 Å². The lowest BCUT2D eigenvalue weighted by Gasteiger charge is -2.29. The summed E-state index contributed by atoms with van der Waals surface area (Å²) in [7, 11) is 0. The maximum Gasteiger partial charge on any atom is 0.0555 e. The van der Waals surface area contributed by atoms with E-state index < -0.39 is 0 Å².